The zero-order valence-electron chi connectivity index (χ0n) is 23.9. The third-order valence-electron chi connectivity index (χ3n) is 8.27. The molecular formula is C33H35N3O6. The number of anilines is 2. The molecule has 9 heteroatoms. The zero-order chi connectivity index (χ0) is 30.0. The third-order valence-corrected chi connectivity index (χ3v) is 8.27. The molecule has 0 saturated heterocycles. The topological polar surface area (TPSA) is 119 Å². The van der Waals surface area contributed by atoms with Crippen molar-refractivity contribution in [3.63, 3.8) is 0 Å². The van der Waals surface area contributed by atoms with Gasteiger partial charge in [-0.05, 0) is 60.0 Å². The van der Waals surface area contributed by atoms with Crippen molar-refractivity contribution in [1.29, 1.82) is 0 Å². The second-order valence-electron chi connectivity index (χ2n) is 10.8. The van der Waals surface area contributed by atoms with Gasteiger partial charge in [-0.25, -0.2) is 0 Å². The van der Waals surface area contributed by atoms with Crippen LogP contribution in [0, 0.1) is 5.92 Å². The third kappa shape index (κ3) is 5.29. The standard InChI is InChI=1S/C33H35N3O6/c1-21(7-6-10-30(38)36-19-24-9-5-4-8-23(24)17-26(36)20-37)33(41)28-18-25(13-16-29(28)35(2)32(33)40)34-31(39)22-11-14-27(42-3)15-12-22/h4-9,11-16,18,21,26,37,41H,10,17,19-20H2,1-3H3,(H,34,39)/b7-6+/t21-,26-,33+/m0/s1. The molecule has 9 nitrogen and oxygen atoms in total. The number of likely N-dealkylation sites (N-methyl/N-ethyl adjacent to an activating group) is 1. The molecule has 2 aliphatic heterocycles. The minimum atomic E-state index is -1.89. The lowest BCUT2D eigenvalue weighted by atomic mass is 9.82. The van der Waals surface area contributed by atoms with E-state index in [2.05, 4.69) is 5.32 Å². The van der Waals surface area contributed by atoms with Crippen molar-refractivity contribution in [2.24, 2.45) is 5.92 Å². The maximum atomic E-state index is 13.3. The highest BCUT2D eigenvalue weighted by Gasteiger charge is 2.51. The normalized spacial score (nSPS) is 20.3. The first-order chi connectivity index (χ1) is 20.2. The Morgan fingerprint density at radius 3 is 2.52 bits per heavy atom. The number of ether oxygens (including phenoxy) is 1. The van der Waals surface area contributed by atoms with E-state index in [1.807, 2.05) is 24.3 Å². The first-order valence-electron chi connectivity index (χ1n) is 13.9. The summed E-state index contributed by atoms with van der Waals surface area (Å²) in [6.45, 7) is 2.02. The molecule has 218 valence electrons. The van der Waals surface area contributed by atoms with Gasteiger partial charge in [0.2, 0.25) is 5.91 Å². The SMILES string of the molecule is COc1ccc(C(=O)Nc2ccc3c(c2)[C@](O)([C@@H](C)/C=C/CC(=O)N2Cc4ccccc4C[C@H]2CO)C(=O)N3C)cc1. The summed E-state index contributed by atoms with van der Waals surface area (Å²) in [5.74, 6) is -1.02. The average Bonchev–Trinajstić information content (AvgIpc) is 3.21. The Balaban J connectivity index is 1.31. The van der Waals surface area contributed by atoms with Gasteiger partial charge in [0.25, 0.3) is 11.8 Å². The van der Waals surface area contributed by atoms with Crippen LogP contribution in [-0.2, 0) is 28.2 Å². The number of fused-ring (bicyclic) bond motifs is 2. The van der Waals surface area contributed by atoms with Gasteiger partial charge >= 0.3 is 0 Å². The van der Waals surface area contributed by atoms with E-state index < -0.39 is 17.4 Å². The van der Waals surface area contributed by atoms with Crippen LogP contribution in [0.2, 0.25) is 0 Å². The maximum absolute atomic E-state index is 13.3. The average molecular weight is 570 g/mol. The van der Waals surface area contributed by atoms with E-state index in [-0.39, 0.29) is 30.9 Å². The molecule has 0 fully saturated rings. The van der Waals surface area contributed by atoms with Crippen molar-refractivity contribution >= 4 is 29.1 Å². The summed E-state index contributed by atoms with van der Waals surface area (Å²) in [4.78, 5) is 42.4. The van der Waals surface area contributed by atoms with Gasteiger partial charge in [-0.1, -0.05) is 43.3 Å². The highest BCUT2D eigenvalue weighted by molar-refractivity contribution is 6.08. The molecule has 0 saturated carbocycles. The van der Waals surface area contributed by atoms with Crippen LogP contribution in [0.25, 0.3) is 0 Å². The maximum Gasteiger partial charge on any atom is 0.264 e. The Labute approximate surface area is 245 Å². The Morgan fingerprint density at radius 1 is 1.12 bits per heavy atom. The minimum Gasteiger partial charge on any atom is -0.497 e. The molecule has 5 rings (SSSR count). The van der Waals surface area contributed by atoms with Crippen molar-refractivity contribution in [1.82, 2.24) is 4.90 Å². The van der Waals surface area contributed by atoms with Gasteiger partial charge in [0.15, 0.2) is 5.60 Å². The molecule has 3 N–H and O–H groups in total. The number of nitrogens with one attached hydrogen (secondary N) is 1. The molecule has 42 heavy (non-hydrogen) atoms. The first-order valence-corrected chi connectivity index (χ1v) is 13.9. The second-order valence-corrected chi connectivity index (χ2v) is 10.8. The van der Waals surface area contributed by atoms with Gasteiger partial charge < -0.3 is 30.1 Å². The van der Waals surface area contributed by atoms with Crippen LogP contribution in [0.3, 0.4) is 0 Å². The number of nitrogens with zero attached hydrogens (tertiary/aromatic N) is 2. The molecule has 2 heterocycles. The van der Waals surface area contributed by atoms with Crippen LogP contribution in [0.15, 0.2) is 78.9 Å². The van der Waals surface area contributed by atoms with Crippen molar-refractivity contribution in [3.8, 4) is 5.75 Å². The molecule has 0 aliphatic carbocycles. The van der Waals surface area contributed by atoms with Crippen molar-refractivity contribution in [2.45, 2.75) is 38.0 Å². The number of rotatable bonds is 8. The van der Waals surface area contributed by atoms with Crippen molar-refractivity contribution < 1.29 is 29.3 Å². The van der Waals surface area contributed by atoms with E-state index in [1.54, 1.807) is 80.6 Å². The summed E-state index contributed by atoms with van der Waals surface area (Å²) in [7, 11) is 3.14. The van der Waals surface area contributed by atoms with Gasteiger partial charge in [-0.2, -0.15) is 0 Å². The van der Waals surface area contributed by atoms with Crippen LogP contribution in [0.1, 0.15) is 40.4 Å². The van der Waals surface area contributed by atoms with Gasteiger partial charge in [0.1, 0.15) is 5.75 Å². The van der Waals surface area contributed by atoms with E-state index in [0.29, 0.717) is 41.2 Å². The molecule has 0 aromatic heterocycles. The summed E-state index contributed by atoms with van der Waals surface area (Å²) >= 11 is 0. The van der Waals surface area contributed by atoms with E-state index in [9.17, 15) is 24.6 Å². The Bertz CT molecular complexity index is 1530. The second kappa shape index (κ2) is 11.8. The number of hydrogen-bond acceptors (Lipinski definition) is 6. The predicted octanol–water partition coefficient (Wildman–Crippen LogP) is 3.64. The van der Waals surface area contributed by atoms with Crippen molar-refractivity contribution in [2.75, 3.05) is 31.0 Å². The molecule has 3 atom stereocenters. The van der Waals surface area contributed by atoms with Crippen LogP contribution in [-0.4, -0.2) is 59.6 Å². The molecule has 3 aromatic rings. The van der Waals surface area contributed by atoms with Crippen LogP contribution >= 0.6 is 0 Å². The summed E-state index contributed by atoms with van der Waals surface area (Å²) in [5.41, 5.74) is 2.09. The lowest BCUT2D eigenvalue weighted by Crippen LogP contribution is -2.46. The van der Waals surface area contributed by atoms with E-state index >= 15 is 0 Å². The van der Waals surface area contributed by atoms with Crippen LogP contribution in [0.4, 0.5) is 11.4 Å². The molecule has 0 bridgehead atoms. The molecule has 2 aliphatic rings. The number of aliphatic hydroxyl groups is 2. The molecule has 0 radical (unpaired) electrons. The zero-order valence-corrected chi connectivity index (χ0v) is 23.9. The van der Waals surface area contributed by atoms with E-state index in [1.165, 1.54) is 4.90 Å². The highest BCUT2D eigenvalue weighted by atomic mass is 16.5. The predicted molar refractivity (Wildman–Crippen MR) is 159 cm³/mol. The minimum absolute atomic E-state index is 0.0634. The summed E-state index contributed by atoms with van der Waals surface area (Å²) < 4.78 is 5.14. The number of hydrogen-bond donors (Lipinski definition) is 3. The molecule has 0 unspecified atom stereocenters. The van der Waals surface area contributed by atoms with Gasteiger partial charge in [0.05, 0.1) is 25.4 Å². The Kier molecular flexibility index (Phi) is 8.15. The lowest BCUT2D eigenvalue weighted by molar-refractivity contribution is -0.139. The van der Waals surface area contributed by atoms with Crippen LogP contribution < -0.4 is 15.0 Å². The number of carbonyl (C=O) groups excluding carboxylic acids is 3. The number of methoxy groups -OCH3 is 1. The van der Waals surface area contributed by atoms with Crippen LogP contribution in [0.5, 0.6) is 5.75 Å². The summed E-state index contributed by atoms with van der Waals surface area (Å²) in [6.07, 6.45) is 3.99. The Hall–Kier alpha value is -4.47. The summed E-state index contributed by atoms with van der Waals surface area (Å²) in [5, 5.41) is 24.5. The highest BCUT2D eigenvalue weighted by Crippen LogP contribution is 2.45. The number of benzene rings is 3. The van der Waals surface area contributed by atoms with E-state index in [4.69, 9.17) is 4.74 Å². The number of aliphatic hydroxyl groups excluding tert-OH is 1. The van der Waals surface area contributed by atoms with Crippen molar-refractivity contribution in [3.05, 3.63) is 101 Å². The molecule has 0 spiro atoms. The fourth-order valence-electron chi connectivity index (χ4n) is 5.75. The molecule has 3 amide bonds. The fourth-order valence-corrected chi connectivity index (χ4v) is 5.75. The van der Waals surface area contributed by atoms with E-state index in [0.717, 1.165) is 11.1 Å². The van der Waals surface area contributed by atoms with Gasteiger partial charge in [-0.3, -0.25) is 14.4 Å². The Morgan fingerprint density at radius 2 is 1.83 bits per heavy atom. The quantitative estimate of drug-likeness (QED) is 0.357. The smallest absolute Gasteiger partial charge is 0.264 e. The largest absolute Gasteiger partial charge is 0.497 e. The summed E-state index contributed by atoms with van der Waals surface area (Å²) in [6, 6.07) is 19.3. The monoisotopic (exact) mass is 569 g/mol. The fraction of sp³-hybridized carbons (Fsp3) is 0.303. The first kappa shape index (κ1) is 29.0. The van der Waals surface area contributed by atoms with Gasteiger partial charge in [0, 0.05) is 42.7 Å². The van der Waals surface area contributed by atoms with Gasteiger partial charge in [-0.15, -0.1) is 0 Å². The number of amides is 3. The molecule has 3 aromatic carbocycles. The lowest BCUT2D eigenvalue weighted by Gasteiger charge is -2.36. The number of carbonyl (C=O) groups is 3. The molecular weight excluding hydrogens is 534 g/mol.